The monoisotopic (exact) mass is 226 g/mol. The van der Waals surface area contributed by atoms with Gasteiger partial charge in [0.15, 0.2) is 0 Å². The minimum absolute atomic E-state index is 0.00841. The molecule has 0 aromatic carbocycles. The van der Waals surface area contributed by atoms with E-state index in [-0.39, 0.29) is 11.5 Å². The molecule has 16 heavy (non-hydrogen) atoms. The third-order valence-corrected chi connectivity index (χ3v) is 4.56. The normalized spacial score (nSPS) is 38.4. The Bertz CT molecular complexity index is 282. The van der Waals surface area contributed by atoms with Crippen LogP contribution in [0.25, 0.3) is 0 Å². The van der Waals surface area contributed by atoms with Gasteiger partial charge in [0.05, 0.1) is 0 Å². The minimum Gasteiger partial charge on any atom is -0.450 e. The summed E-state index contributed by atoms with van der Waals surface area (Å²) in [6.07, 6.45) is 4.58. The van der Waals surface area contributed by atoms with Crippen LogP contribution in [0, 0.1) is 16.7 Å². The molecule has 0 aromatic heterocycles. The molecule has 1 N–H and O–H groups in total. The van der Waals surface area contributed by atoms with Gasteiger partial charge >= 0.3 is 6.16 Å². The van der Waals surface area contributed by atoms with E-state index in [2.05, 4.69) is 20.8 Å². The summed E-state index contributed by atoms with van der Waals surface area (Å²) in [7, 11) is 0. The first-order valence-corrected chi connectivity index (χ1v) is 6.23. The number of carbonyl (C=O) groups is 1. The lowest BCUT2D eigenvalue weighted by Gasteiger charge is -2.37. The van der Waals surface area contributed by atoms with Crippen molar-refractivity contribution in [3.05, 3.63) is 0 Å². The molecule has 2 aliphatic carbocycles. The van der Waals surface area contributed by atoms with Crippen LogP contribution in [0.2, 0.25) is 0 Å². The van der Waals surface area contributed by atoms with Crippen molar-refractivity contribution in [2.24, 2.45) is 16.7 Å². The zero-order chi connectivity index (χ0) is 12.0. The maximum absolute atomic E-state index is 10.5. The number of hydrogen-bond donors (Lipinski definition) is 1. The van der Waals surface area contributed by atoms with E-state index in [0.717, 1.165) is 25.2 Å². The average Bonchev–Trinajstić information content (AvgIpc) is 2.76. The Morgan fingerprint density at radius 2 is 1.88 bits per heavy atom. The average molecular weight is 226 g/mol. The van der Waals surface area contributed by atoms with Crippen molar-refractivity contribution in [1.82, 2.24) is 0 Å². The molecule has 3 heteroatoms. The SMILES string of the molecule is CC(C)(C)C1CCC2(CC1)CC2OC(=O)O. The van der Waals surface area contributed by atoms with Crippen LogP contribution in [0.4, 0.5) is 4.79 Å². The van der Waals surface area contributed by atoms with Gasteiger partial charge in [-0.15, -0.1) is 0 Å². The molecule has 3 nitrogen and oxygen atoms in total. The smallest absolute Gasteiger partial charge is 0.450 e. The molecule has 0 radical (unpaired) electrons. The van der Waals surface area contributed by atoms with E-state index >= 15 is 0 Å². The molecule has 2 saturated carbocycles. The largest absolute Gasteiger partial charge is 0.506 e. The predicted octanol–water partition coefficient (Wildman–Crippen LogP) is 3.68. The molecule has 0 heterocycles. The summed E-state index contributed by atoms with van der Waals surface area (Å²) in [5.41, 5.74) is 0.611. The first kappa shape index (κ1) is 11.7. The van der Waals surface area contributed by atoms with Gasteiger partial charge in [0.2, 0.25) is 0 Å². The zero-order valence-electron chi connectivity index (χ0n) is 10.5. The van der Waals surface area contributed by atoms with E-state index in [4.69, 9.17) is 9.84 Å². The highest BCUT2D eigenvalue weighted by molar-refractivity contribution is 5.57. The van der Waals surface area contributed by atoms with Crippen LogP contribution >= 0.6 is 0 Å². The summed E-state index contributed by atoms with van der Waals surface area (Å²) in [5, 5.41) is 8.60. The fourth-order valence-electron chi connectivity index (χ4n) is 3.18. The fourth-order valence-corrected chi connectivity index (χ4v) is 3.18. The third kappa shape index (κ3) is 2.18. The molecule has 0 aliphatic heterocycles. The second-order valence-corrected chi connectivity index (χ2v) is 6.58. The molecule has 0 saturated heterocycles. The molecule has 0 amide bonds. The van der Waals surface area contributed by atoms with Crippen molar-refractivity contribution < 1.29 is 14.6 Å². The highest BCUT2D eigenvalue weighted by atomic mass is 16.7. The predicted molar refractivity (Wildman–Crippen MR) is 61.4 cm³/mol. The van der Waals surface area contributed by atoms with Crippen LogP contribution in [0.5, 0.6) is 0 Å². The molecular formula is C13H22O3. The highest BCUT2D eigenvalue weighted by Gasteiger charge is 2.58. The van der Waals surface area contributed by atoms with Gasteiger partial charge in [-0.3, -0.25) is 0 Å². The second kappa shape index (κ2) is 3.64. The van der Waals surface area contributed by atoms with Gasteiger partial charge in [-0.25, -0.2) is 4.79 Å². The lowest BCUT2D eigenvalue weighted by Crippen LogP contribution is -2.28. The van der Waals surface area contributed by atoms with Crippen molar-refractivity contribution in [2.75, 3.05) is 0 Å². The summed E-state index contributed by atoms with van der Waals surface area (Å²) in [6, 6.07) is 0. The summed E-state index contributed by atoms with van der Waals surface area (Å²) in [4.78, 5) is 10.5. The van der Waals surface area contributed by atoms with Crippen molar-refractivity contribution >= 4 is 6.16 Å². The number of carboxylic acid groups (broad SMARTS) is 1. The van der Waals surface area contributed by atoms with Gasteiger partial charge in [0.1, 0.15) is 6.10 Å². The van der Waals surface area contributed by atoms with Crippen LogP contribution < -0.4 is 0 Å². The van der Waals surface area contributed by atoms with Crippen LogP contribution in [0.15, 0.2) is 0 Å². The Balaban J connectivity index is 1.85. The molecule has 92 valence electrons. The number of rotatable bonds is 1. The van der Waals surface area contributed by atoms with Crippen molar-refractivity contribution in [1.29, 1.82) is 0 Å². The molecule has 1 spiro atoms. The van der Waals surface area contributed by atoms with E-state index in [1.54, 1.807) is 0 Å². The summed E-state index contributed by atoms with van der Waals surface area (Å²) >= 11 is 0. The van der Waals surface area contributed by atoms with Gasteiger partial charge in [0.25, 0.3) is 0 Å². The standard InChI is InChI=1S/C13H22O3/c1-12(2,3)9-4-6-13(7-5-9)8-10(13)16-11(14)15/h9-10H,4-8H2,1-3H3,(H,14,15). The first-order chi connectivity index (χ1) is 7.33. The van der Waals surface area contributed by atoms with Gasteiger partial charge in [-0.1, -0.05) is 20.8 Å². The molecule has 2 rings (SSSR count). The zero-order valence-corrected chi connectivity index (χ0v) is 10.5. The van der Waals surface area contributed by atoms with Crippen molar-refractivity contribution in [3.63, 3.8) is 0 Å². The molecule has 1 unspecified atom stereocenters. The van der Waals surface area contributed by atoms with Gasteiger partial charge in [0, 0.05) is 5.41 Å². The fraction of sp³-hybridized carbons (Fsp3) is 0.923. The molecule has 2 aliphatic rings. The number of hydrogen-bond acceptors (Lipinski definition) is 2. The van der Waals surface area contributed by atoms with E-state index in [0.29, 0.717) is 5.41 Å². The highest BCUT2D eigenvalue weighted by Crippen LogP contribution is 2.60. The quantitative estimate of drug-likeness (QED) is 0.694. The Kier molecular flexibility index (Phi) is 2.67. The van der Waals surface area contributed by atoms with Crippen LogP contribution in [-0.4, -0.2) is 17.4 Å². The van der Waals surface area contributed by atoms with Crippen molar-refractivity contribution in [2.45, 2.75) is 59.0 Å². The summed E-state index contributed by atoms with van der Waals surface area (Å²) in [5.74, 6) is 0.782. The Morgan fingerprint density at radius 1 is 1.31 bits per heavy atom. The van der Waals surface area contributed by atoms with Gasteiger partial charge < -0.3 is 9.84 Å². The van der Waals surface area contributed by atoms with Crippen LogP contribution in [0.1, 0.15) is 52.9 Å². The summed E-state index contributed by atoms with van der Waals surface area (Å²) in [6.45, 7) is 6.90. The molecule has 0 aromatic rings. The number of ether oxygens (including phenoxy) is 1. The lowest BCUT2D eigenvalue weighted by atomic mass is 9.68. The Hall–Kier alpha value is -0.730. The van der Waals surface area contributed by atoms with E-state index in [9.17, 15) is 4.79 Å². The summed E-state index contributed by atoms with van der Waals surface area (Å²) < 4.78 is 4.89. The van der Waals surface area contributed by atoms with E-state index < -0.39 is 6.16 Å². The Morgan fingerprint density at radius 3 is 2.31 bits per heavy atom. The lowest BCUT2D eigenvalue weighted by molar-refractivity contribution is 0.0554. The molecule has 0 bridgehead atoms. The topological polar surface area (TPSA) is 46.5 Å². The minimum atomic E-state index is -1.11. The second-order valence-electron chi connectivity index (χ2n) is 6.58. The van der Waals surface area contributed by atoms with E-state index in [1.807, 2.05) is 0 Å². The molecule has 2 fully saturated rings. The van der Waals surface area contributed by atoms with Crippen LogP contribution in [-0.2, 0) is 4.74 Å². The van der Waals surface area contributed by atoms with Gasteiger partial charge in [-0.05, 0) is 43.4 Å². The maximum atomic E-state index is 10.5. The first-order valence-electron chi connectivity index (χ1n) is 6.23. The molecular weight excluding hydrogens is 204 g/mol. The third-order valence-electron chi connectivity index (χ3n) is 4.56. The van der Waals surface area contributed by atoms with E-state index in [1.165, 1.54) is 12.8 Å². The van der Waals surface area contributed by atoms with Gasteiger partial charge in [-0.2, -0.15) is 0 Å². The van der Waals surface area contributed by atoms with Crippen molar-refractivity contribution in [3.8, 4) is 0 Å². The maximum Gasteiger partial charge on any atom is 0.506 e. The Labute approximate surface area is 97.2 Å². The molecule has 1 atom stereocenters. The van der Waals surface area contributed by atoms with Crippen LogP contribution in [0.3, 0.4) is 0 Å².